The van der Waals surface area contributed by atoms with Crippen LogP contribution in [0.15, 0.2) is 39.4 Å². The summed E-state index contributed by atoms with van der Waals surface area (Å²) in [7, 11) is 0. The molecular weight excluding hydrogens is 414 g/mol. The van der Waals surface area contributed by atoms with E-state index in [1.807, 2.05) is 18.2 Å². The number of anilines is 1. The minimum absolute atomic E-state index is 0.0621. The van der Waals surface area contributed by atoms with Crippen molar-refractivity contribution in [1.82, 2.24) is 9.97 Å². The number of carbonyl (C=O) groups is 1. The Hall–Kier alpha value is -2.74. The van der Waals surface area contributed by atoms with E-state index in [-0.39, 0.29) is 28.8 Å². The average molecular weight is 440 g/mol. The van der Waals surface area contributed by atoms with Crippen LogP contribution >= 0.6 is 11.8 Å². The number of Topliss-reactive ketones (excluding diaryl/α,β-unsaturated/α-hetero) is 1. The SMILES string of the molecule is CC(C)Sc1nc2c(c(=O)[nH]1)[C@H](c1ccc3c(c1)OCO3)C1=C(CC(C)(C)CC1=O)N2. The normalized spacial score (nSPS) is 21.1. The second kappa shape index (κ2) is 7.15. The summed E-state index contributed by atoms with van der Waals surface area (Å²) in [6.45, 7) is 8.45. The van der Waals surface area contributed by atoms with Crippen LogP contribution < -0.4 is 20.3 Å². The Balaban J connectivity index is 1.71. The van der Waals surface area contributed by atoms with Gasteiger partial charge in [0.1, 0.15) is 5.82 Å². The van der Waals surface area contributed by atoms with Crippen molar-refractivity contribution in [2.75, 3.05) is 12.1 Å². The van der Waals surface area contributed by atoms with Gasteiger partial charge in [-0.1, -0.05) is 45.5 Å². The first kappa shape index (κ1) is 20.2. The van der Waals surface area contributed by atoms with Crippen molar-refractivity contribution in [3.63, 3.8) is 0 Å². The molecule has 2 aromatic rings. The van der Waals surface area contributed by atoms with Gasteiger partial charge in [0.2, 0.25) is 6.79 Å². The first-order valence-corrected chi connectivity index (χ1v) is 11.3. The van der Waals surface area contributed by atoms with Gasteiger partial charge < -0.3 is 19.8 Å². The number of nitrogens with zero attached hydrogens (tertiary/aromatic N) is 1. The summed E-state index contributed by atoms with van der Waals surface area (Å²) in [5, 5.41) is 4.20. The second-order valence-electron chi connectivity index (χ2n) is 9.30. The maximum absolute atomic E-state index is 13.3. The van der Waals surface area contributed by atoms with Gasteiger partial charge in [0.15, 0.2) is 22.4 Å². The number of allylic oxidation sites excluding steroid dienone is 2. The highest BCUT2D eigenvalue weighted by molar-refractivity contribution is 7.99. The number of thioether (sulfide) groups is 1. The topological polar surface area (TPSA) is 93.3 Å². The van der Waals surface area contributed by atoms with Gasteiger partial charge in [-0.2, -0.15) is 0 Å². The van der Waals surface area contributed by atoms with Crippen LogP contribution in [0.3, 0.4) is 0 Å². The van der Waals surface area contributed by atoms with Crippen molar-refractivity contribution >= 4 is 23.4 Å². The number of ether oxygens (including phenoxy) is 2. The number of aromatic amines is 1. The summed E-state index contributed by atoms with van der Waals surface area (Å²) in [5.74, 6) is 1.38. The number of rotatable bonds is 3. The maximum atomic E-state index is 13.3. The standard InChI is InChI=1S/C23H25N3O4S/c1-11(2)31-22-25-20-19(21(28)26-22)17(12-5-6-15-16(7-12)30-10-29-15)18-13(24-20)8-23(3,4)9-14(18)27/h5-7,11,17H,8-10H2,1-4H3,(H2,24,25,26,28)/t17-/m1/s1. The number of carbonyl (C=O) groups excluding carboxylic acids is 1. The van der Waals surface area contributed by atoms with E-state index < -0.39 is 5.92 Å². The third-order valence-electron chi connectivity index (χ3n) is 5.78. The minimum atomic E-state index is -0.501. The predicted molar refractivity (Wildman–Crippen MR) is 119 cm³/mol. The van der Waals surface area contributed by atoms with Gasteiger partial charge in [-0.05, 0) is 29.5 Å². The second-order valence-corrected chi connectivity index (χ2v) is 10.9. The summed E-state index contributed by atoms with van der Waals surface area (Å²) in [6, 6.07) is 5.61. The third-order valence-corrected chi connectivity index (χ3v) is 6.67. The monoisotopic (exact) mass is 439 g/mol. The molecule has 1 aliphatic carbocycles. The van der Waals surface area contributed by atoms with Gasteiger partial charge in [-0.3, -0.25) is 9.59 Å². The van der Waals surface area contributed by atoms with Crippen molar-refractivity contribution in [3.8, 4) is 11.5 Å². The van der Waals surface area contributed by atoms with Crippen LogP contribution in [-0.4, -0.2) is 27.8 Å². The zero-order valence-electron chi connectivity index (χ0n) is 18.0. The predicted octanol–water partition coefficient (Wildman–Crippen LogP) is 4.20. The molecule has 2 N–H and O–H groups in total. The number of hydrogen-bond donors (Lipinski definition) is 2. The molecule has 0 saturated heterocycles. The van der Waals surface area contributed by atoms with Crippen molar-refractivity contribution in [1.29, 1.82) is 0 Å². The molecule has 3 aliphatic rings. The highest BCUT2D eigenvalue weighted by atomic mass is 32.2. The highest BCUT2D eigenvalue weighted by Gasteiger charge is 2.42. The van der Waals surface area contributed by atoms with E-state index in [9.17, 15) is 9.59 Å². The largest absolute Gasteiger partial charge is 0.454 e. The minimum Gasteiger partial charge on any atom is -0.454 e. The molecule has 3 heterocycles. The van der Waals surface area contributed by atoms with Crippen LogP contribution in [0.1, 0.15) is 57.6 Å². The van der Waals surface area contributed by atoms with Gasteiger partial charge in [-0.15, -0.1) is 0 Å². The lowest BCUT2D eigenvalue weighted by molar-refractivity contribution is -0.118. The van der Waals surface area contributed by atoms with Gasteiger partial charge in [0, 0.05) is 28.9 Å². The zero-order valence-corrected chi connectivity index (χ0v) is 18.8. The van der Waals surface area contributed by atoms with Gasteiger partial charge >= 0.3 is 0 Å². The fraction of sp³-hybridized carbons (Fsp3) is 0.435. The van der Waals surface area contributed by atoms with Gasteiger partial charge in [0.05, 0.1) is 5.56 Å². The summed E-state index contributed by atoms with van der Waals surface area (Å²) >= 11 is 1.50. The quantitative estimate of drug-likeness (QED) is 0.547. The number of nitrogens with one attached hydrogen (secondary N) is 2. The molecule has 0 amide bonds. The number of fused-ring (bicyclic) bond motifs is 2. The number of hydrogen-bond acceptors (Lipinski definition) is 7. The van der Waals surface area contributed by atoms with Gasteiger partial charge in [-0.25, -0.2) is 4.98 Å². The zero-order chi connectivity index (χ0) is 21.9. The molecule has 0 spiro atoms. The molecule has 0 bridgehead atoms. The first-order valence-electron chi connectivity index (χ1n) is 10.5. The number of aromatic nitrogens is 2. The Morgan fingerprint density at radius 1 is 1.16 bits per heavy atom. The molecule has 2 aliphatic heterocycles. The molecule has 0 radical (unpaired) electrons. The molecule has 8 heteroatoms. The molecule has 1 aromatic heterocycles. The van der Waals surface area contributed by atoms with Crippen LogP contribution in [-0.2, 0) is 4.79 Å². The van der Waals surface area contributed by atoms with Crippen LogP contribution in [0.2, 0.25) is 0 Å². The Morgan fingerprint density at radius 3 is 2.71 bits per heavy atom. The lowest BCUT2D eigenvalue weighted by atomic mass is 9.69. The van der Waals surface area contributed by atoms with E-state index >= 15 is 0 Å². The fourth-order valence-electron chi connectivity index (χ4n) is 4.60. The first-order chi connectivity index (χ1) is 14.7. The molecule has 0 unspecified atom stereocenters. The summed E-state index contributed by atoms with van der Waals surface area (Å²) in [6.07, 6.45) is 1.16. The summed E-state index contributed by atoms with van der Waals surface area (Å²) in [5.41, 5.74) is 2.42. The molecule has 31 heavy (non-hydrogen) atoms. The average Bonchev–Trinajstić information content (AvgIpc) is 3.12. The lowest BCUT2D eigenvalue weighted by Gasteiger charge is -2.38. The molecule has 1 aromatic carbocycles. The maximum Gasteiger partial charge on any atom is 0.257 e. The van der Waals surface area contributed by atoms with Crippen molar-refractivity contribution in [2.45, 2.75) is 56.9 Å². The smallest absolute Gasteiger partial charge is 0.257 e. The van der Waals surface area contributed by atoms with Crippen LogP contribution in [0.5, 0.6) is 11.5 Å². The van der Waals surface area contributed by atoms with E-state index in [0.717, 1.165) is 17.7 Å². The van der Waals surface area contributed by atoms with E-state index in [2.05, 4.69) is 38.0 Å². The Morgan fingerprint density at radius 2 is 1.94 bits per heavy atom. The number of ketones is 1. The summed E-state index contributed by atoms with van der Waals surface area (Å²) in [4.78, 5) is 34.2. The molecular formula is C23H25N3O4S. The molecule has 0 fully saturated rings. The van der Waals surface area contributed by atoms with E-state index in [4.69, 9.17) is 14.5 Å². The van der Waals surface area contributed by atoms with Crippen molar-refractivity contribution in [3.05, 3.63) is 50.9 Å². The molecule has 1 atom stereocenters. The van der Waals surface area contributed by atoms with E-state index in [1.165, 1.54) is 11.8 Å². The third kappa shape index (κ3) is 3.52. The summed E-state index contributed by atoms with van der Waals surface area (Å²) < 4.78 is 11.0. The Kier molecular flexibility index (Phi) is 4.66. The van der Waals surface area contributed by atoms with Crippen LogP contribution in [0.25, 0.3) is 0 Å². The van der Waals surface area contributed by atoms with Crippen molar-refractivity contribution < 1.29 is 14.3 Å². The Labute approximate surface area is 184 Å². The fourth-order valence-corrected chi connectivity index (χ4v) is 5.34. The molecule has 7 nitrogen and oxygen atoms in total. The van der Waals surface area contributed by atoms with E-state index in [1.54, 1.807) is 0 Å². The van der Waals surface area contributed by atoms with Crippen LogP contribution in [0, 0.1) is 5.41 Å². The highest BCUT2D eigenvalue weighted by Crippen LogP contribution is 2.49. The molecule has 162 valence electrons. The van der Waals surface area contributed by atoms with Crippen molar-refractivity contribution in [2.24, 2.45) is 5.41 Å². The number of H-pyrrole nitrogens is 1. The molecule has 5 rings (SSSR count). The van der Waals surface area contributed by atoms with E-state index in [0.29, 0.717) is 40.0 Å². The van der Waals surface area contributed by atoms with Gasteiger partial charge in [0.25, 0.3) is 5.56 Å². The van der Waals surface area contributed by atoms with Crippen LogP contribution in [0.4, 0.5) is 5.82 Å². The lowest BCUT2D eigenvalue weighted by Crippen LogP contribution is -2.37. The number of benzene rings is 1. The molecule has 0 saturated carbocycles. The Bertz CT molecular complexity index is 1180.